The predicted octanol–water partition coefficient (Wildman–Crippen LogP) is 0.192. The minimum atomic E-state index is -2.75. The minimum absolute atomic E-state index is 0.194. The molecule has 1 aliphatic heterocycles. The van der Waals surface area contributed by atoms with Crippen LogP contribution >= 0.6 is 0 Å². The van der Waals surface area contributed by atoms with E-state index in [0.29, 0.717) is 12.2 Å². The Hall–Kier alpha value is -0.0900. The zero-order valence-electron chi connectivity index (χ0n) is 6.66. The van der Waals surface area contributed by atoms with Crippen molar-refractivity contribution in [2.24, 2.45) is 5.92 Å². The average molecular weight is 178 g/mol. The molecule has 2 atom stereocenters. The fourth-order valence-electron chi connectivity index (χ4n) is 1.54. The van der Waals surface area contributed by atoms with Crippen molar-refractivity contribution < 1.29 is 13.5 Å². The molecule has 1 saturated heterocycles. The third-order valence-electron chi connectivity index (χ3n) is 2.00. The summed E-state index contributed by atoms with van der Waals surface area (Å²) >= 11 is 0. The Kier molecular flexibility index (Phi) is 2.54. The Balaban J connectivity index is 2.43. The molecule has 0 amide bonds. The molecule has 1 unspecified atom stereocenters. The lowest BCUT2D eigenvalue weighted by Gasteiger charge is -2.08. The molecule has 66 valence electrons. The van der Waals surface area contributed by atoms with Crippen molar-refractivity contribution in [2.45, 2.75) is 25.9 Å². The lowest BCUT2D eigenvalue weighted by atomic mass is 10.0. The van der Waals surface area contributed by atoms with Gasteiger partial charge in [-0.3, -0.25) is 0 Å². The second-order valence-corrected chi connectivity index (χ2v) is 5.58. The average Bonchev–Trinajstić information content (AvgIpc) is 2.08. The molecule has 3 nitrogen and oxygen atoms in total. The molecule has 4 heteroatoms. The van der Waals surface area contributed by atoms with Gasteiger partial charge in [-0.1, -0.05) is 0 Å². The monoisotopic (exact) mass is 178 g/mol. The van der Waals surface area contributed by atoms with Crippen LogP contribution in [-0.4, -0.2) is 31.1 Å². The first kappa shape index (κ1) is 9.00. The van der Waals surface area contributed by atoms with E-state index in [1.165, 1.54) is 0 Å². The van der Waals surface area contributed by atoms with E-state index in [0.717, 1.165) is 6.42 Å². The molecule has 1 fully saturated rings. The van der Waals surface area contributed by atoms with Crippen LogP contribution in [0.2, 0.25) is 0 Å². The summed E-state index contributed by atoms with van der Waals surface area (Å²) < 4.78 is 21.9. The normalized spacial score (nSPS) is 32.0. The lowest BCUT2D eigenvalue weighted by molar-refractivity contribution is 0.165. The Morgan fingerprint density at radius 3 is 2.64 bits per heavy atom. The topological polar surface area (TPSA) is 54.4 Å². The van der Waals surface area contributed by atoms with Gasteiger partial charge in [-0.25, -0.2) is 8.42 Å². The van der Waals surface area contributed by atoms with Crippen LogP contribution in [0.15, 0.2) is 0 Å². The molecule has 1 rings (SSSR count). The van der Waals surface area contributed by atoms with Crippen LogP contribution in [0.5, 0.6) is 0 Å². The van der Waals surface area contributed by atoms with Crippen LogP contribution in [0.3, 0.4) is 0 Å². The maximum Gasteiger partial charge on any atom is 0.150 e. The van der Waals surface area contributed by atoms with E-state index in [2.05, 4.69) is 0 Å². The first-order chi connectivity index (χ1) is 4.99. The minimum Gasteiger partial charge on any atom is -0.393 e. The standard InChI is InChI=1S/C7H14O3S/c1-6(8)4-7-2-3-11(9,10)5-7/h6-8H,2-5H2,1H3/t6-,7?/m0/s1. The fourth-order valence-corrected chi connectivity index (χ4v) is 3.42. The largest absolute Gasteiger partial charge is 0.393 e. The van der Waals surface area contributed by atoms with Crippen LogP contribution in [-0.2, 0) is 9.84 Å². The molecule has 0 radical (unpaired) electrons. The second kappa shape index (κ2) is 3.11. The van der Waals surface area contributed by atoms with E-state index in [9.17, 15) is 8.42 Å². The van der Waals surface area contributed by atoms with E-state index in [4.69, 9.17) is 5.11 Å². The van der Waals surface area contributed by atoms with E-state index in [-0.39, 0.29) is 17.8 Å². The highest BCUT2D eigenvalue weighted by Gasteiger charge is 2.28. The maximum absolute atomic E-state index is 10.9. The molecule has 1 heterocycles. The van der Waals surface area contributed by atoms with Gasteiger partial charge in [0.25, 0.3) is 0 Å². The summed E-state index contributed by atoms with van der Waals surface area (Å²) in [4.78, 5) is 0. The molecule has 0 spiro atoms. The molecule has 0 aliphatic carbocycles. The van der Waals surface area contributed by atoms with Gasteiger partial charge in [0.1, 0.15) is 0 Å². The van der Waals surface area contributed by atoms with Crippen LogP contribution in [0.4, 0.5) is 0 Å². The quantitative estimate of drug-likeness (QED) is 0.657. The SMILES string of the molecule is C[C@H](O)CC1CCS(=O)(=O)C1. The van der Waals surface area contributed by atoms with Gasteiger partial charge in [-0.15, -0.1) is 0 Å². The highest BCUT2D eigenvalue weighted by molar-refractivity contribution is 7.91. The summed E-state index contributed by atoms with van der Waals surface area (Å²) in [5, 5.41) is 8.99. The molecule has 11 heavy (non-hydrogen) atoms. The second-order valence-electron chi connectivity index (χ2n) is 3.35. The van der Waals surface area contributed by atoms with Crippen molar-refractivity contribution in [1.82, 2.24) is 0 Å². The summed E-state index contributed by atoms with van der Waals surface area (Å²) in [6, 6.07) is 0. The van der Waals surface area contributed by atoms with Crippen LogP contribution in [0.1, 0.15) is 19.8 Å². The number of rotatable bonds is 2. The van der Waals surface area contributed by atoms with Crippen molar-refractivity contribution in [2.75, 3.05) is 11.5 Å². The van der Waals surface area contributed by atoms with Gasteiger partial charge in [-0.2, -0.15) is 0 Å². The number of hydrogen-bond acceptors (Lipinski definition) is 3. The molecule has 0 saturated carbocycles. The first-order valence-electron chi connectivity index (χ1n) is 3.88. The highest BCUT2D eigenvalue weighted by atomic mass is 32.2. The van der Waals surface area contributed by atoms with Gasteiger partial charge in [-0.05, 0) is 25.7 Å². The third-order valence-corrected chi connectivity index (χ3v) is 3.84. The summed E-state index contributed by atoms with van der Waals surface area (Å²) in [7, 11) is -2.75. The molecular weight excluding hydrogens is 164 g/mol. The van der Waals surface area contributed by atoms with Crippen molar-refractivity contribution >= 4 is 9.84 Å². The summed E-state index contributed by atoms with van der Waals surface area (Å²) in [5.41, 5.74) is 0. The molecule has 0 aromatic rings. The highest BCUT2D eigenvalue weighted by Crippen LogP contribution is 2.22. The Bertz CT molecular complexity index is 218. The van der Waals surface area contributed by atoms with Crippen molar-refractivity contribution in [3.05, 3.63) is 0 Å². The summed E-state index contributed by atoms with van der Waals surface area (Å²) in [5.74, 6) is 0.780. The third kappa shape index (κ3) is 2.79. The van der Waals surface area contributed by atoms with Crippen LogP contribution < -0.4 is 0 Å². The van der Waals surface area contributed by atoms with Gasteiger partial charge < -0.3 is 5.11 Å². The van der Waals surface area contributed by atoms with Crippen LogP contribution in [0, 0.1) is 5.92 Å². The van der Waals surface area contributed by atoms with E-state index in [1.807, 2.05) is 0 Å². The van der Waals surface area contributed by atoms with Crippen molar-refractivity contribution in [1.29, 1.82) is 0 Å². The van der Waals surface area contributed by atoms with E-state index in [1.54, 1.807) is 6.92 Å². The summed E-state index contributed by atoms with van der Waals surface area (Å²) in [6.07, 6.45) is 0.986. The molecule has 0 bridgehead atoms. The molecule has 0 aromatic carbocycles. The number of aliphatic hydroxyl groups excluding tert-OH is 1. The van der Waals surface area contributed by atoms with Gasteiger partial charge in [0.15, 0.2) is 9.84 Å². The first-order valence-corrected chi connectivity index (χ1v) is 5.70. The lowest BCUT2D eigenvalue weighted by Crippen LogP contribution is -2.11. The Labute approximate surface area is 67.3 Å². The molecule has 1 N–H and O–H groups in total. The van der Waals surface area contributed by atoms with Crippen molar-refractivity contribution in [3.63, 3.8) is 0 Å². The summed E-state index contributed by atoms with van der Waals surface area (Å²) in [6.45, 7) is 1.70. The van der Waals surface area contributed by atoms with E-state index < -0.39 is 9.84 Å². The number of hydrogen-bond donors (Lipinski definition) is 1. The zero-order valence-corrected chi connectivity index (χ0v) is 7.47. The predicted molar refractivity (Wildman–Crippen MR) is 43.1 cm³/mol. The van der Waals surface area contributed by atoms with Gasteiger partial charge in [0.2, 0.25) is 0 Å². The van der Waals surface area contributed by atoms with Gasteiger partial charge in [0.05, 0.1) is 17.6 Å². The molecule has 1 aliphatic rings. The Morgan fingerprint density at radius 1 is 1.64 bits per heavy atom. The molecule has 0 aromatic heterocycles. The van der Waals surface area contributed by atoms with Crippen molar-refractivity contribution in [3.8, 4) is 0 Å². The fraction of sp³-hybridized carbons (Fsp3) is 1.00. The van der Waals surface area contributed by atoms with Gasteiger partial charge >= 0.3 is 0 Å². The van der Waals surface area contributed by atoms with Gasteiger partial charge in [0, 0.05) is 0 Å². The van der Waals surface area contributed by atoms with Crippen LogP contribution in [0.25, 0.3) is 0 Å². The number of sulfone groups is 1. The zero-order chi connectivity index (χ0) is 8.48. The van der Waals surface area contributed by atoms with E-state index >= 15 is 0 Å². The Morgan fingerprint density at radius 2 is 2.27 bits per heavy atom. The molecular formula is C7H14O3S. The maximum atomic E-state index is 10.9. The number of aliphatic hydroxyl groups is 1. The smallest absolute Gasteiger partial charge is 0.150 e.